The number of rotatable bonds is 8. The van der Waals surface area contributed by atoms with Gasteiger partial charge in [0.15, 0.2) is 6.10 Å². The highest BCUT2D eigenvalue weighted by molar-refractivity contribution is 6.00. The SMILES string of the molecule is CCOCc1c(C(=O)O[C@@H](C)C(=O)Nc2ccccc2[N+](=O)[O-])oc2ccccc12. The van der Waals surface area contributed by atoms with Crippen LogP contribution in [0.5, 0.6) is 0 Å². The number of nitrogens with one attached hydrogen (secondary N) is 1. The number of nitro benzene ring substituents is 1. The van der Waals surface area contributed by atoms with E-state index in [9.17, 15) is 19.7 Å². The van der Waals surface area contributed by atoms with E-state index < -0.39 is 22.9 Å². The molecule has 1 aromatic heterocycles. The van der Waals surface area contributed by atoms with Gasteiger partial charge in [-0.1, -0.05) is 30.3 Å². The van der Waals surface area contributed by atoms with Crippen molar-refractivity contribution in [2.24, 2.45) is 0 Å². The van der Waals surface area contributed by atoms with E-state index in [0.29, 0.717) is 17.8 Å². The van der Waals surface area contributed by atoms with E-state index in [1.165, 1.54) is 25.1 Å². The van der Waals surface area contributed by atoms with Gasteiger partial charge in [0, 0.05) is 23.6 Å². The summed E-state index contributed by atoms with van der Waals surface area (Å²) >= 11 is 0. The van der Waals surface area contributed by atoms with Crippen LogP contribution in [0.2, 0.25) is 0 Å². The van der Waals surface area contributed by atoms with Gasteiger partial charge < -0.3 is 19.2 Å². The smallest absolute Gasteiger partial charge is 0.375 e. The summed E-state index contributed by atoms with van der Waals surface area (Å²) in [4.78, 5) is 35.6. The van der Waals surface area contributed by atoms with Crippen molar-refractivity contribution < 1.29 is 28.4 Å². The first-order chi connectivity index (χ1) is 14.4. The lowest BCUT2D eigenvalue weighted by Crippen LogP contribution is -2.30. The molecule has 1 amide bonds. The Morgan fingerprint density at radius 2 is 1.87 bits per heavy atom. The molecule has 0 aliphatic carbocycles. The summed E-state index contributed by atoms with van der Waals surface area (Å²) in [5, 5.41) is 14.2. The largest absolute Gasteiger partial charge is 0.449 e. The maximum Gasteiger partial charge on any atom is 0.375 e. The fourth-order valence-corrected chi connectivity index (χ4v) is 2.85. The number of amides is 1. The first-order valence-electron chi connectivity index (χ1n) is 9.25. The first kappa shape index (κ1) is 21.0. The lowest BCUT2D eigenvalue weighted by molar-refractivity contribution is -0.383. The Balaban J connectivity index is 1.77. The van der Waals surface area contributed by atoms with Crippen molar-refractivity contribution in [2.75, 3.05) is 11.9 Å². The Bertz CT molecular complexity index is 1090. The molecule has 3 rings (SSSR count). The number of hydrogen-bond acceptors (Lipinski definition) is 7. The maximum atomic E-state index is 12.7. The molecule has 0 radical (unpaired) electrons. The molecule has 0 saturated heterocycles. The second kappa shape index (κ2) is 9.19. The van der Waals surface area contributed by atoms with Gasteiger partial charge in [0.25, 0.3) is 11.6 Å². The van der Waals surface area contributed by atoms with E-state index in [2.05, 4.69) is 5.32 Å². The standard InChI is InChI=1S/C21H20N2O7/c1-3-28-12-15-14-8-4-7-11-18(14)30-19(15)21(25)29-13(2)20(24)22-16-9-5-6-10-17(16)23(26)27/h4-11,13H,3,12H2,1-2H3,(H,22,24)/t13-/m0/s1. The van der Waals surface area contributed by atoms with Crippen molar-refractivity contribution in [3.05, 3.63) is 70.0 Å². The summed E-state index contributed by atoms with van der Waals surface area (Å²) < 4.78 is 16.3. The molecule has 0 aliphatic rings. The van der Waals surface area contributed by atoms with Gasteiger partial charge in [0.2, 0.25) is 5.76 Å². The number of carbonyl (C=O) groups excluding carboxylic acids is 2. The molecule has 0 saturated carbocycles. The molecule has 0 spiro atoms. The van der Waals surface area contributed by atoms with Crippen molar-refractivity contribution in [3.8, 4) is 0 Å². The lowest BCUT2D eigenvalue weighted by atomic mass is 10.1. The third-order valence-corrected chi connectivity index (χ3v) is 4.35. The van der Waals surface area contributed by atoms with E-state index in [-0.39, 0.29) is 23.7 Å². The number of hydrogen-bond donors (Lipinski definition) is 1. The van der Waals surface area contributed by atoms with Gasteiger partial charge in [-0.05, 0) is 26.0 Å². The van der Waals surface area contributed by atoms with Crippen molar-refractivity contribution in [1.82, 2.24) is 0 Å². The molecule has 3 aromatic rings. The van der Waals surface area contributed by atoms with Crippen molar-refractivity contribution >= 4 is 34.2 Å². The Labute approximate surface area is 171 Å². The van der Waals surface area contributed by atoms with Crippen LogP contribution in [0.15, 0.2) is 52.9 Å². The summed E-state index contributed by atoms with van der Waals surface area (Å²) in [5.41, 5.74) is 0.775. The molecule has 30 heavy (non-hydrogen) atoms. The first-order valence-corrected chi connectivity index (χ1v) is 9.25. The van der Waals surface area contributed by atoms with Gasteiger partial charge in [0.1, 0.15) is 11.3 Å². The van der Waals surface area contributed by atoms with Crippen LogP contribution in [0.1, 0.15) is 30.0 Å². The molecule has 0 fully saturated rings. The molecule has 0 aliphatic heterocycles. The van der Waals surface area contributed by atoms with E-state index >= 15 is 0 Å². The van der Waals surface area contributed by atoms with E-state index in [1.54, 1.807) is 24.3 Å². The summed E-state index contributed by atoms with van der Waals surface area (Å²) in [6.45, 7) is 3.79. The third kappa shape index (κ3) is 4.47. The number of ether oxygens (including phenoxy) is 2. The maximum absolute atomic E-state index is 12.7. The topological polar surface area (TPSA) is 121 Å². The molecule has 156 valence electrons. The third-order valence-electron chi connectivity index (χ3n) is 4.35. The number of para-hydroxylation sites is 3. The minimum absolute atomic E-state index is 0.0103. The van der Waals surface area contributed by atoms with Crippen LogP contribution in [-0.4, -0.2) is 29.5 Å². The fraction of sp³-hybridized carbons (Fsp3) is 0.238. The number of nitro groups is 1. The fourth-order valence-electron chi connectivity index (χ4n) is 2.85. The number of anilines is 1. The van der Waals surface area contributed by atoms with Crippen LogP contribution < -0.4 is 5.32 Å². The van der Waals surface area contributed by atoms with Gasteiger partial charge in [-0.15, -0.1) is 0 Å². The average molecular weight is 412 g/mol. The summed E-state index contributed by atoms with van der Waals surface area (Å²) in [6, 6.07) is 12.8. The summed E-state index contributed by atoms with van der Waals surface area (Å²) in [7, 11) is 0. The highest BCUT2D eigenvalue weighted by atomic mass is 16.6. The molecule has 9 heteroatoms. The van der Waals surface area contributed by atoms with Crippen LogP contribution in [0, 0.1) is 10.1 Å². The van der Waals surface area contributed by atoms with Crippen LogP contribution in [0.3, 0.4) is 0 Å². The van der Waals surface area contributed by atoms with E-state index in [4.69, 9.17) is 13.9 Å². The second-order valence-corrected chi connectivity index (χ2v) is 6.35. The molecule has 1 atom stereocenters. The molecule has 1 heterocycles. The minimum Gasteiger partial charge on any atom is -0.449 e. The molecular formula is C21H20N2O7. The Hall–Kier alpha value is -3.72. The second-order valence-electron chi connectivity index (χ2n) is 6.35. The van der Waals surface area contributed by atoms with Crippen molar-refractivity contribution in [3.63, 3.8) is 0 Å². The van der Waals surface area contributed by atoms with Gasteiger partial charge in [-0.25, -0.2) is 4.79 Å². The average Bonchev–Trinajstić information content (AvgIpc) is 3.11. The van der Waals surface area contributed by atoms with Crippen LogP contribution >= 0.6 is 0 Å². The zero-order valence-corrected chi connectivity index (χ0v) is 16.4. The lowest BCUT2D eigenvalue weighted by Gasteiger charge is -2.13. The van der Waals surface area contributed by atoms with Crippen LogP contribution in [0.25, 0.3) is 11.0 Å². The zero-order valence-electron chi connectivity index (χ0n) is 16.4. The van der Waals surface area contributed by atoms with Crippen molar-refractivity contribution in [2.45, 2.75) is 26.6 Å². The molecule has 0 bridgehead atoms. The molecule has 9 nitrogen and oxygen atoms in total. The molecular weight excluding hydrogens is 392 g/mol. The van der Waals surface area contributed by atoms with Gasteiger partial charge >= 0.3 is 5.97 Å². The van der Waals surface area contributed by atoms with Crippen molar-refractivity contribution in [1.29, 1.82) is 0 Å². The normalized spacial score (nSPS) is 11.8. The van der Waals surface area contributed by atoms with Gasteiger partial charge in [-0.3, -0.25) is 14.9 Å². The zero-order chi connectivity index (χ0) is 21.7. The molecule has 0 unspecified atom stereocenters. The quantitative estimate of drug-likeness (QED) is 0.336. The summed E-state index contributed by atoms with van der Waals surface area (Å²) in [6.07, 6.45) is -1.22. The van der Waals surface area contributed by atoms with E-state index in [0.717, 1.165) is 5.39 Å². The number of benzene rings is 2. The summed E-state index contributed by atoms with van der Waals surface area (Å²) in [5.74, 6) is -1.58. The number of esters is 1. The van der Waals surface area contributed by atoms with E-state index in [1.807, 2.05) is 13.0 Å². The van der Waals surface area contributed by atoms with Gasteiger partial charge in [-0.2, -0.15) is 0 Å². The van der Waals surface area contributed by atoms with Gasteiger partial charge in [0.05, 0.1) is 11.5 Å². The monoisotopic (exact) mass is 412 g/mol. The Morgan fingerprint density at radius 3 is 2.60 bits per heavy atom. The Kier molecular flexibility index (Phi) is 6.43. The minimum atomic E-state index is -1.22. The number of carbonyl (C=O) groups is 2. The number of nitrogens with zero attached hydrogens (tertiary/aromatic N) is 1. The van der Waals surface area contributed by atoms with Crippen LogP contribution in [-0.2, 0) is 20.9 Å². The number of furan rings is 1. The molecule has 1 N–H and O–H groups in total. The van der Waals surface area contributed by atoms with Crippen LogP contribution in [0.4, 0.5) is 11.4 Å². The highest BCUT2D eigenvalue weighted by Crippen LogP contribution is 2.28. The predicted molar refractivity (Wildman–Crippen MR) is 108 cm³/mol. The number of fused-ring (bicyclic) bond motifs is 1. The highest BCUT2D eigenvalue weighted by Gasteiger charge is 2.27. The predicted octanol–water partition coefficient (Wildman–Crippen LogP) is 4.06. The Morgan fingerprint density at radius 1 is 1.17 bits per heavy atom. The molecule has 2 aromatic carbocycles.